The minimum atomic E-state index is -0.0783. The van der Waals surface area contributed by atoms with Crippen LogP contribution in [0.15, 0.2) is 60.7 Å². The summed E-state index contributed by atoms with van der Waals surface area (Å²) in [6, 6.07) is 16.2. The van der Waals surface area contributed by atoms with E-state index in [2.05, 4.69) is 46.4 Å². The second-order valence-electron chi connectivity index (χ2n) is 7.43. The molecule has 1 aliphatic rings. The van der Waals surface area contributed by atoms with E-state index >= 15 is 0 Å². The number of carbonyl (C=O) groups excluding carboxylic acids is 1. The summed E-state index contributed by atoms with van der Waals surface area (Å²) < 4.78 is 1.71. The molecule has 0 atom stereocenters. The highest BCUT2D eigenvalue weighted by molar-refractivity contribution is 6.37. The van der Waals surface area contributed by atoms with Gasteiger partial charge in [0.15, 0.2) is 0 Å². The molecule has 0 spiro atoms. The van der Waals surface area contributed by atoms with Gasteiger partial charge in [-0.05, 0) is 55.6 Å². The first-order valence-electron chi connectivity index (χ1n) is 9.72. The molecule has 5 heteroatoms. The van der Waals surface area contributed by atoms with Gasteiger partial charge in [-0.2, -0.15) is 5.10 Å². The van der Waals surface area contributed by atoms with Crippen LogP contribution in [0.1, 0.15) is 28.9 Å². The first-order chi connectivity index (χ1) is 13.6. The molecule has 0 radical (unpaired) electrons. The van der Waals surface area contributed by atoms with Gasteiger partial charge in [0.25, 0.3) is 0 Å². The number of fused-ring (bicyclic) bond motifs is 1. The molecule has 1 saturated heterocycles. The Morgan fingerprint density at radius 3 is 2.64 bits per heavy atom. The average Bonchev–Trinajstić information content (AvgIpc) is 3.06. The molecule has 2 heterocycles. The molecule has 0 N–H and O–H groups in total. The zero-order valence-corrected chi connectivity index (χ0v) is 16.8. The van der Waals surface area contributed by atoms with Crippen molar-refractivity contribution in [3.63, 3.8) is 0 Å². The van der Waals surface area contributed by atoms with Crippen molar-refractivity contribution in [3.8, 4) is 0 Å². The van der Waals surface area contributed by atoms with Crippen molar-refractivity contribution in [1.82, 2.24) is 14.7 Å². The van der Waals surface area contributed by atoms with Crippen LogP contribution in [-0.4, -0.2) is 33.6 Å². The molecule has 0 bridgehead atoms. The highest BCUT2D eigenvalue weighted by Crippen LogP contribution is 2.27. The first-order valence-corrected chi connectivity index (χ1v) is 10.1. The third-order valence-corrected chi connectivity index (χ3v) is 5.78. The average molecular weight is 394 g/mol. The van der Waals surface area contributed by atoms with Gasteiger partial charge in [0.2, 0.25) is 5.78 Å². The third-order valence-electron chi connectivity index (χ3n) is 5.46. The quantitative estimate of drug-likeness (QED) is 0.458. The van der Waals surface area contributed by atoms with Crippen molar-refractivity contribution in [1.29, 1.82) is 0 Å². The Kier molecular flexibility index (Phi) is 5.60. The van der Waals surface area contributed by atoms with Gasteiger partial charge in [-0.15, -0.1) is 0 Å². The number of nitrogens with zero attached hydrogens (tertiary/aromatic N) is 3. The van der Waals surface area contributed by atoms with E-state index in [0.717, 1.165) is 43.4 Å². The maximum absolute atomic E-state index is 12.7. The topological polar surface area (TPSA) is 38.1 Å². The van der Waals surface area contributed by atoms with Gasteiger partial charge >= 0.3 is 0 Å². The number of halogens is 1. The number of rotatable bonds is 5. The molecule has 0 aliphatic carbocycles. The van der Waals surface area contributed by atoms with Gasteiger partial charge in [0.1, 0.15) is 5.69 Å². The van der Waals surface area contributed by atoms with E-state index in [0.29, 0.717) is 16.6 Å². The van der Waals surface area contributed by atoms with Crippen LogP contribution >= 0.6 is 11.6 Å². The molecule has 1 aliphatic heterocycles. The maximum Gasteiger partial charge on any atom is 0.206 e. The van der Waals surface area contributed by atoms with E-state index in [9.17, 15) is 4.79 Å². The summed E-state index contributed by atoms with van der Waals surface area (Å²) in [6.07, 6.45) is 5.88. The fourth-order valence-electron chi connectivity index (χ4n) is 3.89. The van der Waals surface area contributed by atoms with Gasteiger partial charge in [-0.1, -0.05) is 54.1 Å². The zero-order chi connectivity index (χ0) is 19.5. The van der Waals surface area contributed by atoms with Crippen LogP contribution in [-0.2, 0) is 13.6 Å². The van der Waals surface area contributed by atoms with E-state index in [4.69, 9.17) is 11.6 Å². The van der Waals surface area contributed by atoms with E-state index in [1.165, 1.54) is 5.56 Å². The number of aromatic nitrogens is 2. The third kappa shape index (κ3) is 4.03. The number of aryl methyl sites for hydroxylation is 1. The maximum atomic E-state index is 12.7. The number of piperidine rings is 1. The van der Waals surface area contributed by atoms with E-state index < -0.39 is 0 Å². The van der Waals surface area contributed by atoms with E-state index in [1.54, 1.807) is 16.8 Å². The van der Waals surface area contributed by atoms with Crippen LogP contribution in [0.3, 0.4) is 0 Å². The van der Waals surface area contributed by atoms with E-state index in [1.807, 2.05) is 19.2 Å². The predicted octanol–water partition coefficient (Wildman–Crippen LogP) is 4.88. The van der Waals surface area contributed by atoms with Crippen molar-refractivity contribution >= 4 is 28.3 Å². The molecule has 4 rings (SSSR count). The summed E-state index contributed by atoms with van der Waals surface area (Å²) in [7, 11) is 1.83. The van der Waals surface area contributed by atoms with Crippen molar-refractivity contribution in [2.24, 2.45) is 13.0 Å². The fourth-order valence-corrected chi connectivity index (χ4v) is 4.15. The van der Waals surface area contributed by atoms with Crippen LogP contribution < -0.4 is 0 Å². The normalized spacial score (nSPS) is 16.2. The lowest BCUT2D eigenvalue weighted by Crippen LogP contribution is -2.32. The Morgan fingerprint density at radius 2 is 1.89 bits per heavy atom. The SMILES string of the molecule is Cn1nc(C(=O)/C=C/C2CCN(Cc3ccccc3)CC2)c2c(Cl)cccc21. The lowest BCUT2D eigenvalue weighted by molar-refractivity contribution is 0.104. The van der Waals surface area contributed by atoms with Gasteiger partial charge < -0.3 is 0 Å². The first kappa shape index (κ1) is 18.9. The van der Waals surface area contributed by atoms with Crippen LogP contribution in [0, 0.1) is 5.92 Å². The molecule has 1 fully saturated rings. The van der Waals surface area contributed by atoms with Crippen LogP contribution in [0.4, 0.5) is 0 Å². The number of hydrogen-bond donors (Lipinski definition) is 0. The van der Waals surface area contributed by atoms with Gasteiger partial charge in [-0.3, -0.25) is 14.4 Å². The minimum absolute atomic E-state index is 0.0783. The highest BCUT2D eigenvalue weighted by atomic mass is 35.5. The predicted molar refractivity (Wildman–Crippen MR) is 114 cm³/mol. The summed E-state index contributed by atoms with van der Waals surface area (Å²) in [6.45, 7) is 3.10. The molecule has 3 aromatic rings. The molecule has 144 valence electrons. The molecule has 0 amide bonds. The lowest BCUT2D eigenvalue weighted by Gasteiger charge is -2.30. The number of ketones is 1. The smallest absolute Gasteiger partial charge is 0.206 e. The molecule has 0 unspecified atom stereocenters. The summed E-state index contributed by atoms with van der Waals surface area (Å²) in [4.78, 5) is 15.2. The molecular weight excluding hydrogens is 370 g/mol. The highest BCUT2D eigenvalue weighted by Gasteiger charge is 2.19. The van der Waals surface area contributed by atoms with Crippen LogP contribution in [0.2, 0.25) is 5.02 Å². The Bertz CT molecular complexity index is 1000. The Labute approximate surface area is 170 Å². The van der Waals surface area contributed by atoms with Crippen molar-refractivity contribution < 1.29 is 4.79 Å². The number of benzene rings is 2. The second-order valence-corrected chi connectivity index (χ2v) is 7.84. The van der Waals surface area contributed by atoms with Gasteiger partial charge in [-0.25, -0.2) is 0 Å². The molecule has 2 aromatic carbocycles. The van der Waals surface area contributed by atoms with Crippen LogP contribution in [0.25, 0.3) is 10.9 Å². The number of hydrogen-bond acceptors (Lipinski definition) is 3. The number of likely N-dealkylation sites (tertiary alicyclic amines) is 1. The van der Waals surface area contributed by atoms with E-state index in [-0.39, 0.29) is 5.78 Å². The Balaban J connectivity index is 1.39. The Hall–Kier alpha value is -2.43. The standard InChI is InChI=1S/C23H24ClN3O/c1-26-20-9-5-8-19(24)22(20)23(25-26)21(28)11-10-17-12-14-27(15-13-17)16-18-6-3-2-4-7-18/h2-11,17H,12-16H2,1H3/b11-10+. The number of allylic oxidation sites excluding steroid dienone is 2. The van der Waals surface area contributed by atoms with Crippen molar-refractivity contribution in [2.75, 3.05) is 13.1 Å². The monoisotopic (exact) mass is 393 g/mol. The molecule has 4 nitrogen and oxygen atoms in total. The fraction of sp³-hybridized carbons (Fsp3) is 0.304. The Morgan fingerprint density at radius 1 is 1.14 bits per heavy atom. The molecular formula is C23H24ClN3O. The molecule has 28 heavy (non-hydrogen) atoms. The summed E-state index contributed by atoms with van der Waals surface area (Å²) in [5.74, 6) is 0.354. The summed E-state index contributed by atoms with van der Waals surface area (Å²) in [5, 5.41) is 5.70. The van der Waals surface area contributed by atoms with Crippen LogP contribution in [0.5, 0.6) is 0 Å². The molecule has 1 aromatic heterocycles. The minimum Gasteiger partial charge on any atom is -0.299 e. The second kappa shape index (κ2) is 8.29. The number of carbonyl (C=O) groups is 1. The summed E-state index contributed by atoms with van der Waals surface area (Å²) >= 11 is 6.32. The van der Waals surface area contributed by atoms with Gasteiger partial charge in [0, 0.05) is 19.0 Å². The van der Waals surface area contributed by atoms with Gasteiger partial charge in [0.05, 0.1) is 10.5 Å². The summed E-state index contributed by atoms with van der Waals surface area (Å²) in [5.41, 5.74) is 2.66. The molecule has 0 saturated carbocycles. The largest absolute Gasteiger partial charge is 0.299 e. The van der Waals surface area contributed by atoms with Crippen molar-refractivity contribution in [3.05, 3.63) is 77.0 Å². The van der Waals surface area contributed by atoms with Crippen molar-refractivity contribution in [2.45, 2.75) is 19.4 Å². The lowest BCUT2D eigenvalue weighted by atomic mass is 9.95. The zero-order valence-electron chi connectivity index (χ0n) is 16.0.